The Hall–Kier alpha value is -3.75. The molecule has 1 aromatic heterocycles. The van der Waals surface area contributed by atoms with Crippen LogP contribution in [0.4, 0.5) is 4.79 Å². The second-order valence-corrected chi connectivity index (χ2v) is 10.7. The van der Waals surface area contributed by atoms with Crippen molar-refractivity contribution in [1.29, 1.82) is 5.26 Å². The maximum Gasteiger partial charge on any atom is 0.336 e. The van der Waals surface area contributed by atoms with Crippen LogP contribution in [0.15, 0.2) is 46.1 Å². The molecule has 2 bridgehead atoms. The first-order chi connectivity index (χ1) is 16.5. The van der Waals surface area contributed by atoms with E-state index in [0.29, 0.717) is 17.7 Å². The number of hydrogen-bond acceptors (Lipinski definition) is 6. The fourth-order valence-corrected chi connectivity index (χ4v) is 6.00. The van der Waals surface area contributed by atoms with E-state index in [4.69, 9.17) is 11.6 Å². The van der Waals surface area contributed by atoms with Crippen molar-refractivity contribution >= 4 is 27.7 Å². The summed E-state index contributed by atoms with van der Waals surface area (Å²) in [6.45, 7) is 3.57. The average Bonchev–Trinajstić information content (AvgIpc) is 3.47. The van der Waals surface area contributed by atoms with Crippen LogP contribution in [-0.2, 0) is 10.0 Å². The Morgan fingerprint density at radius 1 is 1.20 bits per heavy atom. The minimum absolute atomic E-state index is 0.0418. The molecule has 3 heterocycles. The van der Waals surface area contributed by atoms with Gasteiger partial charge in [0, 0.05) is 6.54 Å². The number of hydrogen-bond donors (Lipinski definition) is 2. The third kappa shape index (κ3) is 3.40. The zero-order valence-corrected chi connectivity index (χ0v) is 20.3. The van der Waals surface area contributed by atoms with E-state index in [1.165, 1.54) is 33.7 Å². The minimum Gasteiger partial charge on any atom is -0.493 e. The fraction of sp³-hybridized carbons (Fsp3) is 0.261. The highest BCUT2D eigenvalue weighted by molar-refractivity contribution is 7.90. The number of likely N-dealkylation sites (tertiary alicyclic amines) is 1. The number of urea groups is 1. The van der Waals surface area contributed by atoms with Gasteiger partial charge in [-0.3, -0.25) is 4.57 Å². The molecule has 2 N–H and O–H groups in total. The van der Waals surface area contributed by atoms with E-state index >= 15 is 0 Å². The van der Waals surface area contributed by atoms with Gasteiger partial charge in [-0.15, -0.1) is 0 Å². The summed E-state index contributed by atoms with van der Waals surface area (Å²) in [6, 6.07) is 9.11. The number of nitriles is 1. The number of fused-ring (bicyclic) bond motifs is 5. The predicted octanol–water partition coefficient (Wildman–Crippen LogP) is 2.89. The number of rotatable bonds is 3. The van der Waals surface area contributed by atoms with E-state index in [0.717, 1.165) is 10.1 Å². The van der Waals surface area contributed by atoms with Gasteiger partial charge < -0.3 is 10.0 Å². The normalized spacial score (nSPS) is 18.4. The number of aryl methyl sites for hydroxylation is 1. The van der Waals surface area contributed by atoms with Gasteiger partial charge in [0.15, 0.2) is 0 Å². The first kappa shape index (κ1) is 23.0. The summed E-state index contributed by atoms with van der Waals surface area (Å²) in [5, 5.41) is 20.4. The molecule has 2 amide bonds. The maximum absolute atomic E-state index is 13.3. The number of imidazole rings is 1. The SMILES string of the molecule is Cc1ccc(S(=O)(=O)NC(=O)N2C[C@H]3CC2c2c(O)n(-c4ccc(C#N)c(Cl)c4C)c(=O)n23)cc1. The second-order valence-electron chi connectivity index (χ2n) is 8.66. The van der Waals surface area contributed by atoms with E-state index in [2.05, 4.69) is 4.72 Å². The molecule has 0 aliphatic carbocycles. The second kappa shape index (κ2) is 7.90. The third-order valence-corrected chi connectivity index (χ3v) is 8.41. The van der Waals surface area contributed by atoms with Gasteiger partial charge in [0.05, 0.1) is 33.3 Å². The van der Waals surface area contributed by atoms with Crippen LogP contribution in [0.1, 0.15) is 40.9 Å². The Morgan fingerprint density at radius 2 is 1.89 bits per heavy atom. The van der Waals surface area contributed by atoms with Crippen molar-refractivity contribution in [3.05, 3.63) is 74.3 Å². The van der Waals surface area contributed by atoms with Crippen molar-refractivity contribution < 1.29 is 18.3 Å². The molecule has 35 heavy (non-hydrogen) atoms. The van der Waals surface area contributed by atoms with Crippen LogP contribution in [0.3, 0.4) is 0 Å². The Labute approximate surface area is 205 Å². The summed E-state index contributed by atoms with van der Waals surface area (Å²) in [6.07, 6.45) is 0.379. The Balaban J connectivity index is 1.49. The molecule has 1 unspecified atom stereocenters. The fourth-order valence-electron chi connectivity index (χ4n) is 4.84. The first-order valence-electron chi connectivity index (χ1n) is 10.7. The smallest absolute Gasteiger partial charge is 0.336 e. The van der Waals surface area contributed by atoms with Crippen LogP contribution >= 0.6 is 11.6 Å². The lowest BCUT2D eigenvalue weighted by atomic mass is 10.1. The highest BCUT2D eigenvalue weighted by atomic mass is 35.5. The highest BCUT2D eigenvalue weighted by Gasteiger charge is 2.49. The van der Waals surface area contributed by atoms with Gasteiger partial charge in [0.25, 0.3) is 10.0 Å². The molecule has 5 rings (SSSR count). The van der Waals surface area contributed by atoms with Crippen molar-refractivity contribution in [2.45, 2.75) is 37.2 Å². The monoisotopic (exact) mass is 513 g/mol. The summed E-state index contributed by atoms with van der Waals surface area (Å²) in [5.74, 6) is -0.356. The molecule has 180 valence electrons. The molecule has 1 fully saturated rings. The van der Waals surface area contributed by atoms with Crippen LogP contribution in [0, 0.1) is 25.2 Å². The number of sulfonamides is 1. The van der Waals surface area contributed by atoms with E-state index in [-0.39, 0.29) is 33.6 Å². The summed E-state index contributed by atoms with van der Waals surface area (Å²) in [7, 11) is -4.10. The average molecular weight is 514 g/mol. The number of aromatic hydroxyl groups is 1. The van der Waals surface area contributed by atoms with Crippen LogP contribution in [0.25, 0.3) is 5.69 Å². The van der Waals surface area contributed by atoms with Crippen LogP contribution in [0.5, 0.6) is 5.88 Å². The lowest BCUT2D eigenvalue weighted by Crippen LogP contribution is -2.45. The molecule has 2 aliphatic heterocycles. The number of carbonyl (C=O) groups is 1. The quantitative estimate of drug-likeness (QED) is 0.552. The van der Waals surface area contributed by atoms with E-state index in [1.54, 1.807) is 19.1 Å². The van der Waals surface area contributed by atoms with E-state index < -0.39 is 33.8 Å². The lowest BCUT2D eigenvalue weighted by molar-refractivity contribution is 0.190. The molecule has 0 radical (unpaired) electrons. The Bertz CT molecular complexity index is 1600. The number of carbonyl (C=O) groups excluding carboxylic acids is 1. The van der Waals surface area contributed by atoms with Gasteiger partial charge in [-0.05, 0) is 50.1 Å². The van der Waals surface area contributed by atoms with Crippen molar-refractivity contribution in [2.24, 2.45) is 0 Å². The zero-order chi connectivity index (χ0) is 25.2. The van der Waals surface area contributed by atoms with Crippen LogP contribution in [0.2, 0.25) is 5.02 Å². The first-order valence-corrected chi connectivity index (χ1v) is 12.6. The standard InChI is InChI=1S/C23H20ClN5O5S/c1-12-3-6-16(7-4-12)35(33,34)26-22(31)27-11-15-9-18(27)20-21(30)29(23(32)28(15)20)17-8-5-14(10-25)19(24)13(17)2/h3-8,15,18,30H,9,11H2,1-2H3,(H,26,31)/t15-,18?/m1/s1. The lowest BCUT2D eigenvalue weighted by Gasteiger charge is -2.27. The molecule has 2 aromatic carbocycles. The van der Waals surface area contributed by atoms with Gasteiger partial charge in [-0.25, -0.2) is 27.3 Å². The molecular weight excluding hydrogens is 494 g/mol. The molecule has 2 atom stereocenters. The van der Waals surface area contributed by atoms with Crippen molar-refractivity contribution in [3.63, 3.8) is 0 Å². The Kier molecular flexibility index (Phi) is 5.19. The van der Waals surface area contributed by atoms with E-state index in [9.17, 15) is 28.4 Å². The molecule has 0 spiro atoms. The number of aromatic nitrogens is 2. The van der Waals surface area contributed by atoms with Crippen LogP contribution in [-0.4, -0.2) is 40.1 Å². The van der Waals surface area contributed by atoms with Crippen LogP contribution < -0.4 is 10.4 Å². The summed E-state index contributed by atoms with van der Waals surface area (Å²) >= 11 is 6.26. The minimum atomic E-state index is -4.10. The molecule has 10 nitrogen and oxygen atoms in total. The molecule has 2 aliphatic rings. The molecule has 0 saturated carbocycles. The number of amides is 2. The molecule has 1 saturated heterocycles. The summed E-state index contributed by atoms with van der Waals surface area (Å²) in [5.41, 5.74) is 1.61. The Morgan fingerprint density at radius 3 is 2.54 bits per heavy atom. The maximum atomic E-state index is 13.3. The molecule has 3 aromatic rings. The van der Waals surface area contributed by atoms with Gasteiger partial charge in [-0.2, -0.15) is 5.26 Å². The predicted molar refractivity (Wildman–Crippen MR) is 126 cm³/mol. The molecule has 12 heteroatoms. The number of benzene rings is 2. The number of nitrogens with one attached hydrogen (secondary N) is 1. The van der Waals surface area contributed by atoms with Crippen molar-refractivity contribution in [3.8, 4) is 17.6 Å². The van der Waals surface area contributed by atoms with Gasteiger partial charge in [-0.1, -0.05) is 29.3 Å². The highest BCUT2D eigenvalue weighted by Crippen LogP contribution is 2.48. The molecular formula is C23H20ClN5O5S. The van der Waals surface area contributed by atoms with Crippen molar-refractivity contribution in [1.82, 2.24) is 18.8 Å². The van der Waals surface area contributed by atoms with Gasteiger partial charge in [0.1, 0.15) is 11.8 Å². The summed E-state index contributed by atoms with van der Waals surface area (Å²) in [4.78, 5) is 27.5. The number of halogens is 1. The van der Waals surface area contributed by atoms with Gasteiger partial charge >= 0.3 is 11.7 Å². The number of nitrogens with zero attached hydrogens (tertiary/aromatic N) is 4. The summed E-state index contributed by atoms with van der Waals surface area (Å²) < 4.78 is 30.0. The zero-order valence-electron chi connectivity index (χ0n) is 18.7. The topological polar surface area (TPSA) is 137 Å². The van der Waals surface area contributed by atoms with E-state index in [1.807, 2.05) is 13.0 Å². The third-order valence-electron chi connectivity index (χ3n) is 6.59. The van der Waals surface area contributed by atoms with Gasteiger partial charge in [0.2, 0.25) is 5.88 Å². The largest absolute Gasteiger partial charge is 0.493 e. The van der Waals surface area contributed by atoms with Crippen molar-refractivity contribution in [2.75, 3.05) is 6.54 Å².